The number of likely N-dealkylation sites (tertiary alicyclic amines) is 2. The molecule has 3 saturated heterocycles. The van der Waals surface area contributed by atoms with Gasteiger partial charge in [-0.05, 0) is 123 Å². The van der Waals surface area contributed by atoms with Gasteiger partial charge < -0.3 is 29.1 Å². The Morgan fingerprint density at radius 2 is 1.47 bits per heavy atom. The van der Waals surface area contributed by atoms with Crippen LogP contribution in [0, 0.1) is 51.2 Å². The third-order valence-electron chi connectivity index (χ3n) is 15.3. The summed E-state index contributed by atoms with van der Waals surface area (Å²) in [6.07, 6.45) is 14.6. The molecule has 8 heteroatoms. The number of hydrogen-bond acceptors (Lipinski definition) is 6. The van der Waals surface area contributed by atoms with Crippen molar-refractivity contribution in [2.45, 2.75) is 136 Å². The Labute approximate surface area is 271 Å². The van der Waals surface area contributed by atoms with Crippen LogP contribution >= 0.6 is 0 Å². The second-order valence-corrected chi connectivity index (χ2v) is 17.5. The lowest BCUT2D eigenvalue weighted by Gasteiger charge is -2.59. The van der Waals surface area contributed by atoms with E-state index in [1.165, 1.54) is 51.4 Å². The minimum Gasteiger partial charge on any atom is -0.446 e. The topological polar surface area (TPSA) is 88.5 Å². The number of carbonyl (C=O) groups is 2. The molecule has 0 aromatic heterocycles. The van der Waals surface area contributed by atoms with Gasteiger partial charge in [0.05, 0.1) is 12.2 Å². The van der Waals surface area contributed by atoms with E-state index in [9.17, 15) is 9.59 Å². The predicted molar refractivity (Wildman–Crippen MR) is 171 cm³/mol. The Kier molecular flexibility index (Phi) is 8.02. The molecule has 11 atom stereocenters. The highest BCUT2D eigenvalue weighted by atomic mass is 16.6. The third-order valence-corrected chi connectivity index (χ3v) is 15.3. The molecule has 3 heterocycles. The molecule has 5 unspecified atom stereocenters. The number of hydrogen-bond donors (Lipinski definition) is 1. The van der Waals surface area contributed by atoms with Gasteiger partial charge in [-0.15, -0.1) is 0 Å². The molecule has 8 fully saturated rings. The Morgan fingerprint density at radius 3 is 2.11 bits per heavy atom. The lowest BCUT2D eigenvalue weighted by molar-refractivity contribution is -0.151. The second-order valence-electron chi connectivity index (χ2n) is 17.5. The average molecular weight is 629 g/mol. The van der Waals surface area contributed by atoms with E-state index in [4.69, 9.17) is 19.3 Å². The Hall–Kier alpha value is -1.54. The van der Waals surface area contributed by atoms with Crippen molar-refractivity contribution in [1.29, 1.82) is 0 Å². The zero-order valence-corrected chi connectivity index (χ0v) is 28.9. The van der Waals surface area contributed by atoms with Gasteiger partial charge in [0.15, 0.2) is 0 Å². The Morgan fingerprint density at radius 1 is 0.800 bits per heavy atom. The van der Waals surface area contributed by atoms with Crippen molar-refractivity contribution in [3.63, 3.8) is 0 Å². The van der Waals surface area contributed by atoms with Gasteiger partial charge in [-0.1, -0.05) is 34.6 Å². The lowest BCUT2D eigenvalue weighted by atomic mass is 9.46. The molecule has 2 amide bonds. The van der Waals surface area contributed by atoms with E-state index < -0.39 is 0 Å². The normalized spacial score (nSPS) is 45.9. The minimum absolute atomic E-state index is 0.0160. The van der Waals surface area contributed by atoms with Crippen LogP contribution in [-0.2, 0) is 14.2 Å². The van der Waals surface area contributed by atoms with Crippen LogP contribution < -0.4 is 0 Å². The summed E-state index contributed by atoms with van der Waals surface area (Å²) in [5, 5.41) is 7.00. The molecule has 1 N–H and O–H groups in total. The van der Waals surface area contributed by atoms with Crippen molar-refractivity contribution < 1.29 is 28.9 Å². The van der Waals surface area contributed by atoms with Gasteiger partial charge in [0.25, 0.3) is 0 Å². The highest BCUT2D eigenvalue weighted by molar-refractivity contribution is 5.69. The van der Waals surface area contributed by atoms with Gasteiger partial charge in [-0.3, -0.25) is 0 Å². The molecule has 5 aliphatic carbocycles. The van der Waals surface area contributed by atoms with Gasteiger partial charge in [0.2, 0.25) is 0 Å². The maximum atomic E-state index is 12.8. The molecule has 0 aromatic carbocycles. The van der Waals surface area contributed by atoms with Crippen LogP contribution in [0.5, 0.6) is 0 Å². The second kappa shape index (κ2) is 11.3. The van der Waals surface area contributed by atoms with E-state index in [0.29, 0.717) is 34.2 Å². The van der Waals surface area contributed by atoms with E-state index in [0.717, 1.165) is 70.8 Å². The van der Waals surface area contributed by atoms with Gasteiger partial charge in [0.1, 0.15) is 12.2 Å². The van der Waals surface area contributed by atoms with Crippen LogP contribution in [0.15, 0.2) is 0 Å². The number of carbonyl (C=O) groups excluding carboxylic acids is 2. The van der Waals surface area contributed by atoms with Gasteiger partial charge in [-0.2, -0.15) is 0 Å². The summed E-state index contributed by atoms with van der Waals surface area (Å²) < 4.78 is 19.4. The molecule has 254 valence electrons. The highest BCUT2D eigenvalue weighted by Crippen LogP contribution is 2.87. The van der Waals surface area contributed by atoms with E-state index in [1.807, 2.05) is 9.80 Å². The zero-order chi connectivity index (χ0) is 31.9. The first-order chi connectivity index (χ1) is 21.5. The zero-order valence-electron chi connectivity index (χ0n) is 28.9. The molecule has 8 nitrogen and oxygen atoms in total. The maximum Gasteiger partial charge on any atom is 0.410 e. The van der Waals surface area contributed by atoms with Gasteiger partial charge >= 0.3 is 12.2 Å². The molecule has 45 heavy (non-hydrogen) atoms. The summed E-state index contributed by atoms with van der Waals surface area (Å²) in [6.45, 7) is 15.2. The smallest absolute Gasteiger partial charge is 0.410 e. The highest BCUT2D eigenvalue weighted by Gasteiger charge is 2.81. The number of amides is 2. The molecule has 3 aliphatic heterocycles. The van der Waals surface area contributed by atoms with Crippen LogP contribution in [0.2, 0.25) is 0 Å². The van der Waals surface area contributed by atoms with Crippen molar-refractivity contribution in [3.8, 4) is 0 Å². The molecule has 8 rings (SSSR count). The Balaban J connectivity index is 0.00000160. The van der Waals surface area contributed by atoms with E-state index >= 15 is 0 Å². The summed E-state index contributed by atoms with van der Waals surface area (Å²) in [5.41, 5.74) is 1.34. The standard InChI is InChI=1S/C36H56N2O5.CH4O/c1-22(2)30(43-32(40)38-18-7-19-38)26-10-8-24-27(41-26)20-25-23-9-11-28-33(3,4)29(42-31(39)37-16-6-17-37)12-13-36(28)21-35(23,36)15-14-34(24,25)5;1-2/h22-30H,6-21H2,1-5H3;2H,1H3/t23?,24?,25?,26?,27?,28-,29-,30+,34+,35-,36+;/m0./s1. The third kappa shape index (κ3) is 4.63. The Bertz CT molecular complexity index is 1150. The number of aliphatic hydroxyl groups excluding tert-OH is 1. The van der Waals surface area contributed by atoms with Crippen LogP contribution in [0.25, 0.3) is 0 Å². The fourth-order valence-electron chi connectivity index (χ4n) is 12.7. The average Bonchev–Trinajstić information content (AvgIpc) is 3.52. The first-order valence-corrected chi connectivity index (χ1v) is 18.5. The summed E-state index contributed by atoms with van der Waals surface area (Å²) in [6, 6.07) is 0. The van der Waals surface area contributed by atoms with Crippen molar-refractivity contribution in [2.24, 2.45) is 51.2 Å². The molecule has 0 radical (unpaired) electrons. The SMILES string of the molecule is CC(C)[C@@H](OC(=O)N1CCC1)C1CCC2C(CC3C4CC[C@H]5C(C)(C)[C@@H](OC(=O)N6CCC6)CC[C@@]56C[C@@]46CC[C@]23C)O1.CO. The quantitative estimate of drug-likeness (QED) is 0.365. The van der Waals surface area contributed by atoms with Gasteiger partial charge in [0, 0.05) is 38.7 Å². The molecule has 5 saturated carbocycles. The number of nitrogens with zero attached hydrogens (tertiary/aromatic N) is 2. The van der Waals surface area contributed by atoms with Crippen molar-refractivity contribution in [1.82, 2.24) is 9.80 Å². The van der Waals surface area contributed by atoms with E-state index in [1.54, 1.807) is 0 Å². The predicted octanol–water partition coefficient (Wildman–Crippen LogP) is 6.88. The minimum atomic E-state index is -0.162. The van der Waals surface area contributed by atoms with Crippen LogP contribution in [0.4, 0.5) is 9.59 Å². The number of rotatable bonds is 4. The molecule has 2 spiro atoms. The molecule has 0 aromatic rings. The first kappa shape index (κ1) is 32.0. The summed E-state index contributed by atoms with van der Waals surface area (Å²) >= 11 is 0. The fraction of sp³-hybridized carbons (Fsp3) is 0.946. The van der Waals surface area contributed by atoms with Crippen LogP contribution in [0.1, 0.15) is 112 Å². The van der Waals surface area contributed by atoms with Gasteiger partial charge in [-0.25, -0.2) is 9.59 Å². The van der Waals surface area contributed by atoms with Crippen LogP contribution in [-0.4, -0.2) is 84.8 Å². The molecular weight excluding hydrogens is 568 g/mol. The maximum absolute atomic E-state index is 12.8. The van der Waals surface area contributed by atoms with Crippen molar-refractivity contribution in [3.05, 3.63) is 0 Å². The molecular formula is C37H60N2O6. The molecule has 8 aliphatic rings. The first-order valence-electron chi connectivity index (χ1n) is 18.5. The lowest BCUT2D eigenvalue weighted by Crippen LogP contribution is -2.56. The van der Waals surface area contributed by atoms with E-state index in [-0.39, 0.29) is 41.8 Å². The summed E-state index contributed by atoms with van der Waals surface area (Å²) in [5.74, 6) is 3.07. The summed E-state index contributed by atoms with van der Waals surface area (Å²) in [4.78, 5) is 29.3. The largest absolute Gasteiger partial charge is 0.446 e. The number of aliphatic hydroxyl groups is 1. The van der Waals surface area contributed by atoms with E-state index in [2.05, 4.69) is 34.6 Å². The summed E-state index contributed by atoms with van der Waals surface area (Å²) in [7, 11) is 1.00. The monoisotopic (exact) mass is 628 g/mol. The molecule has 0 bridgehead atoms. The number of fused-ring (bicyclic) bond motifs is 4. The fourth-order valence-corrected chi connectivity index (χ4v) is 12.7. The van der Waals surface area contributed by atoms with Crippen LogP contribution in [0.3, 0.4) is 0 Å². The van der Waals surface area contributed by atoms with Crippen molar-refractivity contribution >= 4 is 12.2 Å². The number of ether oxygens (including phenoxy) is 3. The van der Waals surface area contributed by atoms with Crippen molar-refractivity contribution in [2.75, 3.05) is 33.3 Å².